The highest BCUT2D eigenvalue weighted by Gasteiger charge is 2.39. The Morgan fingerprint density at radius 2 is 1.57 bits per heavy atom. The van der Waals surface area contributed by atoms with E-state index in [0.717, 1.165) is 60.5 Å². The number of pyridine rings is 2. The van der Waals surface area contributed by atoms with Gasteiger partial charge in [0.1, 0.15) is 17.5 Å². The number of nitrogens with one attached hydrogen (secondary N) is 2. The molecule has 344 valence electrons. The summed E-state index contributed by atoms with van der Waals surface area (Å²) in [5.41, 5.74) is 5.88. The van der Waals surface area contributed by atoms with Crippen LogP contribution in [-0.2, 0) is 47.1 Å². The molecule has 0 aliphatic carbocycles. The molecule has 3 aliphatic heterocycles. The largest absolute Gasteiger partial charge is 0.496 e. The lowest BCUT2D eigenvalue weighted by molar-refractivity contribution is -0.192. The van der Waals surface area contributed by atoms with Gasteiger partial charge >= 0.3 is 18.3 Å². The number of alkyl halides is 6. The summed E-state index contributed by atoms with van der Waals surface area (Å²) in [6.45, 7) is 3.15. The highest BCUT2D eigenvalue weighted by atomic mass is 19.4. The first kappa shape index (κ1) is 46.4. The van der Waals surface area contributed by atoms with Crippen molar-refractivity contribution in [2.24, 2.45) is 7.05 Å². The van der Waals surface area contributed by atoms with Crippen molar-refractivity contribution in [1.29, 1.82) is 0 Å². The molecular formula is C46H46F6N6O7. The molecule has 8 rings (SSSR count). The van der Waals surface area contributed by atoms with Crippen LogP contribution in [-0.4, -0.2) is 83.4 Å². The number of carbonyl (C=O) groups is 3. The number of hydrogen-bond donors (Lipinski definition) is 3. The smallest absolute Gasteiger partial charge is 0.490 e. The molecule has 2 aromatic heterocycles. The Bertz CT molecular complexity index is 2650. The van der Waals surface area contributed by atoms with Gasteiger partial charge in [-0.25, -0.2) is 4.79 Å². The summed E-state index contributed by atoms with van der Waals surface area (Å²) in [6, 6.07) is 15.8. The van der Waals surface area contributed by atoms with Gasteiger partial charge in [0, 0.05) is 81.7 Å². The zero-order valence-electron chi connectivity index (χ0n) is 35.6. The van der Waals surface area contributed by atoms with Crippen LogP contribution in [0.5, 0.6) is 11.5 Å². The number of fused-ring (bicyclic) bond motifs is 2. The van der Waals surface area contributed by atoms with E-state index in [1.54, 1.807) is 44.3 Å². The highest BCUT2D eigenvalue weighted by Crippen LogP contribution is 2.42. The quantitative estimate of drug-likeness (QED) is 0.1000. The second kappa shape index (κ2) is 18.8. The summed E-state index contributed by atoms with van der Waals surface area (Å²) in [5, 5.41) is 13.6. The van der Waals surface area contributed by atoms with E-state index in [9.17, 15) is 40.7 Å². The number of benzene rings is 3. The van der Waals surface area contributed by atoms with Gasteiger partial charge in [-0.2, -0.15) is 26.3 Å². The number of imide groups is 1. The molecule has 13 nitrogen and oxygen atoms in total. The molecule has 3 aliphatic rings. The molecule has 5 heterocycles. The van der Waals surface area contributed by atoms with Crippen LogP contribution >= 0.6 is 0 Å². The molecular weight excluding hydrogens is 863 g/mol. The van der Waals surface area contributed by atoms with Gasteiger partial charge in [0.05, 0.1) is 30.7 Å². The number of nitrogens with zero attached hydrogens (tertiary/aromatic N) is 4. The Labute approximate surface area is 369 Å². The summed E-state index contributed by atoms with van der Waals surface area (Å²) < 4.78 is 88.3. The third-order valence-electron chi connectivity index (χ3n) is 12.0. The van der Waals surface area contributed by atoms with Crippen LogP contribution < -0.4 is 30.6 Å². The standard InChI is InChI=1S/C44H45F3N6O5.C2HF3O2/c1-51-24-34(32-10-14-48-22-33(32)43(51)56)30-19-39(57-2)35(40(20-30)58-3)25-52-15-11-28-18-27(4-5-29(28)23-52)26-12-16-53(17-13-26)38-8-6-31(21-36(38)44(45,46)47)49-37-7-9-41(54)50-42(37)55;3-2(4,5)1(6)7/h4-6,8,10,14,18-22,24,26,37,49H,7,9,11-13,15-17,23,25H2,1-3H3,(H,50,54,55);(H,6,7). The molecule has 5 aromatic rings. The van der Waals surface area contributed by atoms with E-state index < -0.39 is 35.8 Å². The summed E-state index contributed by atoms with van der Waals surface area (Å²) in [4.78, 5) is 53.8. The predicted molar refractivity (Wildman–Crippen MR) is 229 cm³/mol. The number of aliphatic carboxylic acids is 1. The van der Waals surface area contributed by atoms with E-state index in [1.807, 2.05) is 29.3 Å². The van der Waals surface area contributed by atoms with E-state index in [-0.39, 0.29) is 41.6 Å². The number of aromatic nitrogens is 2. The normalized spacial score (nSPS) is 17.2. The molecule has 2 saturated heterocycles. The number of methoxy groups -OCH3 is 2. The lowest BCUT2D eigenvalue weighted by Gasteiger charge is -2.36. The van der Waals surface area contributed by atoms with Gasteiger partial charge in [-0.05, 0) is 95.6 Å². The molecule has 19 heteroatoms. The molecule has 1 unspecified atom stereocenters. The van der Waals surface area contributed by atoms with Crippen molar-refractivity contribution >= 4 is 39.9 Å². The fraction of sp³-hybridized carbons (Fsp3) is 0.370. The predicted octanol–water partition coefficient (Wildman–Crippen LogP) is 7.43. The number of carboxylic acid groups (broad SMARTS) is 1. The number of halogens is 6. The van der Waals surface area contributed by atoms with Crippen LogP contribution in [0.15, 0.2) is 78.0 Å². The van der Waals surface area contributed by atoms with Gasteiger partial charge in [0.15, 0.2) is 0 Å². The first-order valence-corrected chi connectivity index (χ1v) is 20.7. The Balaban J connectivity index is 0.000000833. The second-order valence-corrected chi connectivity index (χ2v) is 16.2. The Kier molecular flexibility index (Phi) is 13.4. The maximum Gasteiger partial charge on any atom is 0.490 e. The molecule has 0 radical (unpaired) electrons. The fourth-order valence-corrected chi connectivity index (χ4v) is 8.70. The lowest BCUT2D eigenvalue weighted by atomic mass is 9.86. The zero-order valence-corrected chi connectivity index (χ0v) is 35.6. The van der Waals surface area contributed by atoms with Crippen molar-refractivity contribution < 1.29 is 55.3 Å². The topological polar surface area (TPSA) is 155 Å². The number of amides is 2. The van der Waals surface area contributed by atoms with Crippen LogP contribution in [0.25, 0.3) is 21.9 Å². The Hall–Kier alpha value is -6.63. The summed E-state index contributed by atoms with van der Waals surface area (Å²) in [5.74, 6) is -2.06. The van der Waals surface area contributed by atoms with E-state index in [1.165, 1.54) is 22.8 Å². The highest BCUT2D eigenvalue weighted by molar-refractivity contribution is 6.01. The number of hydrogen-bond acceptors (Lipinski definition) is 10. The van der Waals surface area contributed by atoms with Crippen LogP contribution in [0, 0.1) is 0 Å². The fourth-order valence-electron chi connectivity index (χ4n) is 8.70. The van der Waals surface area contributed by atoms with Gasteiger partial charge in [0.25, 0.3) is 5.56 Å². The first-order chi connectivity index (χ1) is 30.8. The number of aryl methyl sites for hydroxylation is 1. The monoisotopic (exact) mass is 908 g/mol. The number of carbonyl (C=O) groups excluding carboxylic acids is 2. The van der Waals surface area contributed by atoms with Gasteiger partial charge in [-0.1, -0.05) is 18.2 Å². The van der Waals surface area contributed by atoms with E-state index >= 15 is 0 Å². The van der Waals surface area contributed by atoms with Gasteiger partial charge in [0.2, 0.25) is 11.8 Å². The third-order valence-corrected chi connectivity index (χ3v) is 12.0. The number of piperidine rings is 2. The lowest BCUT2D eigenvalue weighted by Crippen LogP contribution is -2.47. The summed E-state index contributed by atoms with van der Waals surface area (Å²) in [7, 11) is 5.03. The molecule has 3 N–H and O–H groups in total. The molecule has 0 spiro atoms. The van der Waals surface area contributed by atoms with Crippen molar-refractivity contribution in [1.82, 2.24) is 19.8 Å². The molecule has 65 heavy (non-hydrogen) atoms. The van der Waals surface area contributed by atoms with Crippen molar-refractivity contribution in [3.8, 4) is 22.6 Å². The van der Waals surface area contributed by atoms with Crippen molar-refractivity contribution in [3.63, 3.8) is 0 Å². The second-order valence-electron chi connectivity index (χ2n) is 16.2. The zero-order chi connectivity index (χ0) is 46.8. The minimum Gasteiger partial charge on any atom is -0.496 e. The SMILES string of the molecule is COc1cc(-c2cn(C)c(=O)c3cnccc23)cc(OC)c1CN1CCc2cc(C3CCN(c4ccc(NC5CCC(=O)NC5=O)cc4C(F)(F)F)CC3)ccc2C1.O=C(O)C(F)(F)F. The molecule has 0 saturated carbocycles. The average molecular weight is 909 g/mol. The third kappa shape index (κ3) is 10.3. The Morgan fingerprint density at radius 3 is 2.20 bits per heavy atom. The number of rotatable bonds is 9. The number of carboxylic acids is 1. The molecule has 3 aromatic carbocycles. The van der Waals surface area contributed by atoms with Gasteiger partial charge < -0.3 is 29.4 Å². The van der Waals surface area contributed by atoms with Crippen LogP contribution in [0.3, 0.4) is 0 Å². The maximum atomic E-state index is 14.4. The van der Waals surface area contributed by atoms with E-state index in [2.05, 4.69) is 38.7 Å². The van der Waals surface area contributed by atoms with Gasteiger partial charge in [-0.15, -0.1) is 0 Å². The first-order valence-electron chi connectivity index (χ1n) is 20.7. The molecule has 0 bridgehead atoms. The average Bonchev–Trinajstić information content (AvgIpc) is 3.28. The number of ether oxygens (including phenoxy) is 2. The van der Waals surface area contributed by atoms with Crippen molar-refractivity contribution in [2.45, 2.75) is 69.5 Å². The Morgan fingerprint density at radius 1 is 0.877 bits per heavy atom. The van der Waals surface area contributed by atoms with Gasteiger partial charge in [-0.3, -0.25) is 29.6 Å². The number of anilines is 2. The van der Waals surface area contributed by atoms with E-state index in [4.69, 9.17) is 19.4 Å². The molecule has 2 fully saturated rings. The summed E-state index contributed by atoms with van der Waals surface area (Å²) in [6.07, 6.45) is -1.92. The minimum absolute atomic E-state index is 0.115. The van der Waals surface area contributed by atoms with Crippen LogP contribution in [0.2, 0.25) is 0 Å². The molecule has 1 atom stereocenters. The van der Waals surface area contributed by atoms with Crippen LogP contribution in [0.1, 0.15) is 59.4 Å². The molecule has 2 amide bonds. The minimum atomic E-state index is -5.08. The van der Waals surface area contributed by atoms with E-state index in [0.29, 0.717) is 36.5 Å². The summed E-state index contributed by atoms with van der Waals surface area (Å²) >= 11 is 0. The van der Waals surface area contributed by atoms with Crippen LogP contribution in [0.4, 0.5) is 37.7 Å². The van der Waals surface area contributed by atoms with Crippen molar-refractivity contribution in [2.75, 3.05) is 44.1 Å². The van der Waals surface area contributed by atoms with Crippen molar-refractivity contribution in [3.05, 3.63) is 111 Å². The maximum absolute atomic E-state index is 14.4.